The van der Waals surface area contributed by atoms with E-state index in [1.165, 1.54) is 15.4 Å². The van der Waals surface area contributed by atoms with Gasteiger partial charge in [-0.3, -0.25) is 4.98 Å². The van der Waals surface area contributed by atoms with Crippen LogP contribution < -0.4 is 9.64 Å². The lowest BCUT2D eigenvalue weighted by Gasteiger charge is -2.19. The van der Waals surface area contributed by atoms with Crippen molar-refractivity contribution in [3.05, 3.63) is 134 Å². The smallest absolute Gasteiger partial charge is 0.129 e. The molecule has 0 aliphatic carbocycles. The predicted molar refractivity (Wildman–Crippen MR) is 156 cm³/mol. The number of aromatic nitrogens is 1. The zero-order valence-electron chi connectivity index (χ0n) is 21.1. The van der Waals surface area contributed by atoms with Crippen molar-refractivity contribution in [2.75, 3.05) is 18.6 Å². The van der Waals surface area contributed by atoms with Gasteiger partial charge in [0.15, 0.2) is 0 Å². The molecule has 1 aliphatic heterocycles. The molecule has 0 unspecified atom stereocenters. The Morgan fingerprint density at radius 2 is 1.39 bits per heavy atom. The topological polar surface area (TPSA) is 28.6 Å². The quantitative estimate of drug-likeness (QED) is 0.217. The zero-order chi connectivity index (χ0) is 25.7. The Balaban J connectivity index is 1.22. The molecule has 0 saturated carbocycles. The second-order valence-electron chi connectivity index (χ2n) is 9.17. The van der Waals surface area contributed by atoms with Gasteiger partial charge < -0.3 is 14.5 Å². The van der Waals surface area contributed by atoms with Gasteiger partial charge in [0.1, 0.15) is 11.5 Å². The third kappa shape index (κ3) is 5.58. The molecule has 0 amide bonds. The Hall–Kier alpha value is -4.48. The first-order chi connectivity index (χ1) is 18.7. The maximum atomic E-state index is 6.26. The molecule has 0 N–H and O–H groups in total. The Labute approximate surface area is 227 Å². The van der Waals surface area contributed by atoms with Gasteiger partial charge >= 0.3 is 0 Å². The number of hydrogen-bond donors (Lipinski definition) is 0. The van der Waals surface area contributed by atoms with Crippen LogP contribution in [-0.4, -0.2) is 23.6 Å². The maximum absolute atomic E-state index is 6.26. The van der Waals surface area contributed by atoms with Crippen LogP contribution in [0, 0.1) is 0 Å². The van der Waals surface area contributed by atoms with Crippen molar-refractivity contribution in [1.29, 1.82) is 0 Å². The summed E-state index contributed by atoms with van der Waals surface area (Å²) < 4.78 is 6.26. The molecule has 4 aromatic carbocycles. The Morgan fingerprint density at radius 3 is 2.24 bits per heavy atom. The molecule has 1 aromatic heterocycles. The number of ether oxygens (including phenoxy) is 1. The highest BCUT2D eigenvalue weighted by Crippen LogP contribution is 2.33. The number of rotatable bonds is 7. The second-order valence-corrected chi connectivity index (χ2v) is 10.3. The van der Waals surface area contributed by atoms with Crippen molar-refractivity contribution in [3.8, 4) is 33.9 Å². The SMILES string of the molecule is CN1C=CN(c2cccc(Oc3cccc(-c4cc(-c5cccc(Sc6ccccc6)c5)ccn4)c3)c2)C1. The van der Waals surface area contributed by atoms with Gasteiger partial charge in [-0.05, 0) is 71.8 Å². The molecule has 0 fully saturated rings. The van der Waals surface area contributed by atoms with Gasteiger partial charge in [-0.1, -0.05) is 60.3 Å². The van der Waals surface area contributed by atoms with Gasteiger partial charge in [-0.25, -0.2) is 0 Å². The van der Waals surface area contributed by atoms with Gasteiger partial charge in [0.25, 0.3) is 0 Å². The molecular formula is C33H27N3OS. The summed E-state index contributed by atoms with van der Waals surface area (Å²) in [5.74, 6) is 1.58. The lowest BCUT2D eigenvalue weighted by molar-refractivity contribution is 0.481. The van der Waals surface area contributed by atoms with Crippen LogP contribution in [0.15, 0.2) is 144 Å². The van der Waals surface area contributed by atoms with E-state index in [0.717, 1.165) is 40.7 Å². The molecule has 0 spiro atoms. The van der Waals surface area contributed by atoms with Crippen molar-refractivity contribution in [1.82, 2.24) is 9.88 Å². The van der Waals surface area contributed by atoms with Crippen molar-refractivity contribution in [2.24, 2.45) is 0 Å². The fourth-order valence-corrected chi connectivity index (χ4v) is 5.31. The molecule has 38 heavy (non-hydrogen) atoms. The summed E-state index contributed by atoms with van der Waals surface area (Å²) in [6.45, 7) is 0.828. The Kier molecular flexibility index (Phi) is 6.83. The fourth-order valence-electron chi connectivity index (χ4n) is 4.41. The van der Waals surface area contributed by atoms with Crippen LogP contribution in [0.4, 0.5) is 5.69 Å². The first kappa shape index (κ1) is 23.9. The summed E-state index contributed by atoms with van der Waals surface area (Å²) in [7, 11) is 2.06. The lowest BCUT2D eigenvalue weighted by atomic mass is 10.0. The molecule has 6 rings (SSSR count). The zero-order valence-corrected chi connectivity index (χ0v) is 21.9. The van der Waals surface area contributed by atoms with Crippen LogP contribution in [0.1, 0.15) is 0 Å². The Bertz CT molecular complexity index is 1580. The molecule has 0 atom stereocenters. The van der Waals surface area contributed by atoms with Crippen LogP contribution in [0.3, 0.4) is 0 Å². The van der Waals surface area contributed by atoms with Crippen LogP contribution in [0.5, 0.6) is 11.5 Å². The highest BCUT2D eigenvalue weighted by atomic mass is 32.2. The molecule has 4 nitrogen and oxygen atoms in total. The van der Waals surface area contributed by atoms with E-state index in [0.29, 0.717) is 0 Å². The average Bonchev–Trinajstić information content (AvgIpc) is 3.40. The molecule has 0 saturated heterocycles. The Morgan fingerprint density at radius 1 is 0.658 bits per heavy atom. The summed E-state index contributed by atoms with van der Waals surface area (Å²) >= 11 is 1.77. The number of pyridine rings is 1. The van der Waals surface area contributed by atoms with Gasteiger partial charge in [0, 0.05) is 52.8 Å². The van der Waals surface area contributed by atoms with Crippen LogP contribution in [0.25, 0.3) is 22.4 Å². The standard InChI is InChI=1S/C33H27N3OS/c1-35-18-19-36(24-35)28-10-7-12-30(23-28)37-29-11-5-9-27(20-29)33-22-26(16-17-34-33)25-8-6-15-32(21-25)38-31-13-3-2-4-14-31/h2-23H,24H2,1H3. The summed E-state index contributed by atoms with van der Waals surface area (Å²) in [4.78, 5) is 11.4. The predicted octanol–water partition coefficient (Wildman–Crippen LogP) is 8.54. The van der Waals surface area contributed by atoms with E-state index in [9.17, 15) is 0 Å². The molecule has 5 heteroatoms. The summed E-state index contributed by atoms with van der Waals surface area (Å²) in [6.07, 6.45) is 6.02. The maximum Gasteiger partial charge on any atom is 0.129 e. The molecule has 0 radical (unpaired) electrons. The third-order valence-electron chi connectivity index (χ3n) is 6.30. The van der Waals surface area contributed by atoms with Crippen LogP contribution in [-0.2, 0) is 0 Å². The monoisotopic (exact) mass is 513 g/mol. The van der Waals surface area contributed by atoms with Crippen LogP contribution >= 0.6 is 11.8 Å². The van der Waals surface area contributed by atoms with Gasteiger partial charge in [0.2, 0.25) is 0 Å². The van der Waals surface area contributed by atoms with E-state index in [2.05, 4.69) is 113 Å². The minimum atomic E-state index is 0.780. The highest BCUT2D eigenvalue weighted by Gasteiger charge is 2.12. The molecular weight excluding hydrogens is 486 g/mol. The van der Waals surface area contributed by atoms with E-state index >= 15 is 0 Å². The van der Waals surface area contributed by atoms with Gasteiger partial charge in [0.05, 0.1) is 12.4 Å². The van der Waals surface area contributed by atoms with E-state index in [1.807, 2.05) is 42.6 Å². The van der Waals surface area contributed by atoms with Gasteiger partial charge in [-0.15, -0.1) is 0 Å². The second kappa shape index (κ2) is 10.9. The molecule has 186 valence electrons. The molecule has 5 aromatic rings. The summed E-state index contributed by atoms with van der Waals surface area (Å²) in [5.41, 5.74) is 5.32. The normalized spacial score (nSPS) is 12.7. The fraction of sp³-hybridized carbons (Fsp3) is 0.0606. The van der Waals surface area contributed by atoms with E-state index in [1.54, 1.807) is 11.8 Å². The summed E-state index contributed by atoms with van der Waals surface area (Å²) in [6, 6.07) is 39.6. The van der Waals surface area contributed by atoms with E-state index in [4.69, 9.17) is 4.74 Å². The number of anilines is 1. The number of nitrogens with zero attached hydrogens (tertiary/aromatic N) is 3. The molecule has 0 bridgehead atoms. The van der Waals surface area contributed by atoms with E-state index < -0.39 is 0 Å². The average molecular weight is 514 g/mol. The number of hydrogen-bond acceptors (Lipinski definition) is 5. The van der Waals surface area contributed by atoms with Crippen LogP contribution in [0.2, 0.25) is 0 Å². The van der Waals surface area contributed by atoms with Crippen molar-refractivity contribution in [2.45, 2.75) is 9.79 Å². The van der Waals surface area contributed by atoms with Crippen molar-refractivity contribution in [3.63, 3.8) is 0 Å². The lowest BCUT2D eigenvalue weighted by Crippen LogP contribution is -2.21. The van der Waals surface area contributed by atoms with Crippen molar-refractivity contribution >= 4 is 17.4 Å². The minimum Gasteiger partial charge on any atom is -0.457 e. The van der Waals surface area contributed by atoms with Crippen molar-refractivity contribution < 1.29 is 4.74 Å². The minimum absolute atomic E-state index is 0.780. The molecule has 2 heterocycles. The number of benzene rings is 4. The summed E-state index contributed by atoms with van der Waals surface area (Å²) in [5, 5.41) is 0. The largest absolute Gasteiger partial charge is 0.457 e. The van der Waals surface area contributed by atoms with Gasteiger partial charge in [-0.2, -0.15) is 0 Å². The first-order valence-electron chi connectivity index (χ1n) is 12.5. The third-order valence-corrected chi connectivity index (χ3v) is 7.30. The highest BCUT2D eigenvalue weighted by molar-refractivity contribution is 7.99. The first-order valence-corrected chi connectivity index (χ1v) is 13.3. The molecule has 1 aliphatic rings. The van der Waals surface area contributed by atoms with E-state index in [-0.39, 0.29) is 0 Å².